The number of halogens is 1. The summed E-state index contributed by atoms with van der Waals surface area (Å²) in [5, 5.41) is 0. The molecule has 2 N–H and O–H groups in total. The van der Waals surface area contributed by atoms with E-state index in [2.05, 4.69) is 4.74 Å². The van der Waals surface area contributed by atoms with E-state index in [-0.39, 0.29) is 30.3 Å². The van der Waals surface area contributed by atoms with Crippen molar-refractivity contribution < 1.29 is 9.53 Å². The summed E-state index contributed by atoms with van der Waals surface area (Å²) in [6.07, 6.45) is 4.32. The van der Waals surface area contributed by atoms with E-state index in [4.69, 9.17) is 5.73 Å². The molecule has 0 aromatic heterocycles. The predicted molar refractivity (Wildman–Crippen MR) is 44.5 cm³/mol. The number of carbonyl (C=O) groups excluding carboxylic acids is 1. The van der Waals surface area contributed by atoms with E-state index in [0.29, 0.717) is 6.42 Å². The van der Waals surface area contributed by atoms with Gasteiger partial charge < -0.3 is 10.5 Å². The molecule has 64 valence electrons. The number of methoxy groups -OCH3 is 1. The minimum Gasteiger partial charge on any atom is -0.469 e. The van der Waals surface area contributed by atoms with Crippen LogP contribution in [-0.2, 0) is 9.53 Å². The van der Waals surface area contributed by atoms with Gasteiger partial charge >= 0.3 is 5.97 Å². The monoisotopic (exact) mass is 177 g/mol. The molecule has 0 amide bonds. The standard InChI is InChI=1S/C7H11NO2.ClH/c1-10-7(9)5-2-3-6(8)4-5;/h2-3,5-6H,4,8H2,1H3;1H/t5-,6+;/m1./s1. The Morgan fingerprint density at radius 1 is 1.64 bits per heavy atom. The maximum absolute atomic E-state index is 10.8. The average Bonchev–Trinajstić information content (AvgIpc) is 2.34. The lowest BCUT2D eigenvalue weighted by Crippen LogP contribution is -2.19. The number of hydrogen-bond donors (Lipinski definition) is 1. The highest BCUT2D eigenvalue weighted by Crippen LogP contribution is 2.16. The van der Waals surface area contributed by atoms with Crippen molar-refractivity contribution in [3.05, 3.63) is 12.2 Å². The molecule has 0 heterocycles. The number of esters is 1. The summed E-state index contributed by atoms with van der Waals surface area (Å²) in [4.78, 5) is 10.8. The Hall–Kier alpha value is -0.540. The second-order valence-corrected chi connectivity index (χ2v) is 2.41. The van der Waals surface area contributed by atoms with E-state index in [0.717, 1.165) is 0 Å². The van der Waals surface area contributed by atoms with Crippen LogP contribution in [0.3, 0.4) is 0 Å². The molecule has 11 heavy (non-hydrogen) atoms. The highest BCUT2D eigenvalue weighted by molar-refractivity contribution is 5.85. The number of carbonyl (C=O) groups is 1. The van der Waals surface area contributed by atoms with Crippen molar-refractivity contribution in [3.63, 3.8) is 0 Å². The number of nitrogens with two attached hydrogens (primary N) is 1. The third kappa shape index (κ3) is 2.52. The van der Waals surface area contributed by atoms with Crippen molar-refractivity contribution in [1.29, 1.82) is 0 Å². The molecule has 1 aliphatic rings. The van der Waals surface area contributed by atoms with Crippen molar-refractivity contribution in [3.8, 4) is 0 Å². The lowest BCUT2D eigenvalue weighted by Gasteiger charge is -2.04. The van der Waals surface area contributed by atoms with Crippen LogP contribution in [0.5, 0.6) is 0 Å². The summed E-state index contributed by atoms with van der Waals surface area (Å²) in [5.41, 5.74) is 5.52. The summed E-state index contributed by atoms with van der Waals surface area (Å²) >= 11 is 0. The third-order valence-electron chi connectivity index (χ3n) is 1.62. The zero-order chi connectivity index (χ0) is 7.56. The first-order valence-electron chi connectivity index (χ1n) is 3.26. The Bertz CT molecular complexity index is 170. The van der Waals surface area contributed by atoms with Gasteiger partial charge in [-0.2, -0.15) is 0 Å². The maximum atomic E-state index is 10.8. The molecule has 0 saturated carbocycles. The van der Waals surface area contributed by atoms with Crippen molar-refractivity contribution in [2.45, 2.75) is 12.5 Å². The van der Waals surface area contributed by atoms with Crippen LogP contribution in [0.4, 0.5) is 0 Å². The van der Waals surface area contributed by atoms with Crippen LogP contribution in [0.25, 0.3) is 0 Å². The van der Waals surface area contributed by atoms with E-state index in [9.17, 15) is 4.79 Å². The molecule has 3 nitrogen and oxygen atoms in total. The van der Waals surface area contributed by atoms with Gasteiger partial charge in [0.2, 0.25) is 0 Å². The van der Waals surface area contributed by atoms with E-state index in [1.165, 1.54) is 7.11 Å². The number of hydrogen-bond acceptors (Lipinski definition) is 3. The molecule has 0 spiro atoms. The van der Waals surface area contributed by atoms with Crippen LogP contribution in [-0.4, -0.2) is 19.1 Å². The summed E-state index contributed by atoms with van der Waals surface area (Å²) in [6, 6.07) is 0.0316. The molecule has 0 aromatic rings. The molecule has 0 unspecified atom stereocenters. The topological polar surface area (TPSA) is 52.3 Å². The van der Waals surface area contributed by atoms with Crippen LogP contribution < -0.4 is 5.73 Å². The van der Waals surface area contributed by atoms with E-state index < -0.39 is 0 Å². The van der Waals surface area contributed by atoms with Gasteiger partial charge in [-0.3, -0.25) is 4.79 Å². The first-order valence-corrected chi connectivity index (χ1v) is 3.26. The largest absolute Gasteiger partial charge is 0.469 e. The van der Waals surface area contributed by atoms with Gasteiger partial charge in [0, 0.05) is 6.04 Å². The van der Waals surface area contributed by atoms with Gasteiger partial charge in [-0.05, 0) is 6.42 Å². The van der Waals surface area contributed by atoms with Crippen molar-refractivity contribution in [2.24, 2.45) is 11.7 Å². The fraction of sp³-hybridized carbons (Fsp3) is 0.571. The first kappa shape index (κ1) is 10.5. The van der Waals surface area contributed by atoms with Crippen LogP contribution in [0.2, 0.25) is 0 Å². The Morgan fingerprint density at radius 2 is 2.27 bits per heavy atom. The molecule has 0 aliphatic heterocycles. The lowest BCUT2D eigenvalue weighted by molar-refractivity contribution is -0.143. The Balaban J connectivity index is 0.000001000. The van der Waals surface area contributed by atoms with Gasteiger partial charge in [-0.25, -0.2) is 0 Å². The third-order valence-corrected chi connectivity index (χ3v) is 1.62. The van der Waals surface area contributed by atoms with Crippen LogP contribution in [0.1, 0.15) is 6.42 Å². The Kier molecular flexibility index (Phi) is 4.15. The predicted octanol–water partition coefficient (Wildman–Crippen LogP) is 0.485. The molecule has 0 fully saturated rings. The van der Waals surface area contributed by atoms with Crippen molar-refractivity contribution in [2.75, 3.05) is 7.11 Å². The normalized spacial score (nSPS) is 27.8. The number of ether oxygens (including phenoxy) is 1. The van der Waals surface area contributed by atoms with Crippen LogP contribution >= 0.6 is 12.4 Å². The minimum absolute atomic E-state index is 0. The molecule has 0 bridgehead atoms. The van der Waals surface area contributed by atoms with E-state index in [1.807, 2.05) is 6.08 Å². The molecule has 2 atom stereocenters. The van der Waals surface area contributed by atoms with Gasteiger partial charge in [0.1, 0.15) is 0 Å². The second kappa shape index (κ2) is 4.36. The van der Waals surface area contributed by atoms with Gasteiger partial charge in [0.05, 0.1) is 13.0 Å². The summed E-state index contributed by atoms with van der Waals surface area (Å²) in [7, 11) is 1.39. The highest BCUT2D eigenvalue weighted by Gasteiger charge is 2.22. The van der Waals surface area contributed by atoms with Crippen LogP contribution in [0.15, 0.2) is 12.2 Å². The molecule has 0 aromatic carbocycles. The summed E-state index contributed by atoms with van der Waals surface area (Å²) in [6.45, 7) is 0. The van der Waals surface area contributed by atoms with E-state index >= 15 is 0 Å². The molecule has 0 radical (unpaired) electrons. The molecule has 4 heteroatoms. The summed E-state index contributed by atoms with van der Waals surface area (Å²) in [5.74, 6) is -0.302. The van der Waals surface area contributed by atoms with Crippen LogP contribution in [0, 0.1) is 5.92 Å². The lowest BCUT2D eigenvalue weighted by atomic mass is 10.1. The van der Waals surface area contributed by atoms with Crippen molar-refractivity contribution in [1.82, 2.24) is 0 Å². The Labute approximate surface area is 72.0 Å². The quantitative estimate of drug-likeness (QED) is 0.469. The van der Waals surface area contributed by atoms with Gasteiger partial charge in [0.15, 0.2) is 0 Å². The SMILES string of the molecule is COC(=O)[C@@H]1C=C[C@H](N)C1.Cl. The molecule has 1 rings (SSSR count). The zero-order valence-corrected chi connectivity index (χ0v) is 7.14. The summed E-state index contributed by atoms with van der Waals surface area (Å²) < 4.78 is 4.54. The molecular weight excluding hydrogens is 166 g/mol. The van der Waals surface area contributed by atoms with Gasteiger partial charge in [-0.15, -0.1) is 12.4 Å². The second-order valence-electron chi connectivity index (χ2n) is 2.41. The highest BCUT2D eigenvalue weighted by atomic mass is 35.5. The van der Waals surface area contributed by atoms with E-state index in [1.54, 1.807) is 6.08 Å². The van der Waals surface area contributed by atoms with Crippen molar-refractivity contribution >= 4 is 18.4 Å². The fourth-order valence-corrected chi connectivity index (χ4v) is 1.05. The average molecular weight is 178 g/mol. The minimum atomic E-state index is -0.191. The molecule has 1 aliphatic carbocycles. The smallest absolute Gasteiger partial charge is 0.312 e. The van der Waals surface area contributed by atoms with Gasteiger partial charge in [0.25, 0.3) is 0 Å². The number of rotatable bonds is 1. The van der Waals surface area contributed by atoms with Gasteiger partial charge in [-0.1, -0.05) is 12.2 Å². The zero-order valence-electron chi connectivity index (χ0n) is 6.32. The maximum Gasteiger partial charge on any atom is 0.312 e. The molecular formula is C7H12ClNO2. The molecule has 0 saturated heterocycles. The Morgan fingerprint density at radius 3 is 2.64 bits per heavy atom. The fourth-order valence-electron chi connectivity index (χ4n) is 1.05. The first-order chi connectivity index (χ1) is 4.74.